The van der Waals surface area contributed by atoms with E-state index in [1.54, 1.807) is 0 Å². The Kier molecular flexibility index (Phi) is 1.78. The number of rotatable bonds is 1. The zero-order chi connectivity index (χ0) is 10.4. The molecule has 0 aromatic carbocycles. The average molecular weight is 205 g/mol. The summed E-state index contributed by atoms with van der Waals surface area (Å²) in [4.78, 5) is 18.6. The Labute approximate surface area is 88.9 Å². The Hall–Kier alpha value is -1.45. The summed E-state index contributed by atoms with van der Waals surface area (Å²) in [5, 5.41) is 0. The normalized spacial score (nSPS) is 23.9. The van der Waals surface area contributed by atoms with Crippen molar-refractivity contribution in [1.82, 2.24) is 4.98 Å². The molecule has 0 amide bonds. The largest absolute Gasteiger partial charge is 0.364 e. The van der Waals surface area contributed by atoms with Crippen molar-refractivity contribution in [2.45, 2.75) is 18.9 Å². The van der Waals surface area contributed by atoms with Crippen LogP contribution in [0.15, 0.2) is 6.07 Å². The van der Waals surface area contributed by atoms with Crippen LogP contribution in [0, 0.1) is 0 Å². The van der Waals surface area contributed by atoms with E-state index in [4.69, 9.17) is 0 Å². The Morgan fingerprint density at radius 3 is 3.27 bits per heavy atom. The summed E-state index contributed by atoms with van der Waals surface area (Å²) in [6.07, 6.45) is 3.42. The smallest absolute Gasteiger partial charge is 0.166 e. The molecule has 1 aromatic heterocycles. The Morgan fingerprint density at radius 1 is 1.60 bits per heavy atom. The van der Waals surface area contributed by atoms with E-state index in [1.165, 1.54) is 18.5 Å². The van der Waals surface area contributed by atoms with Crippen LogP contribution in [0.1, 0.15) is 23.3 Å². The first-order valence-corrected chi connectivity index (χ1v) is 5.45. The Balaban J connectivity index is 2.08. The fraction of sp³-hybridized carbons (Fsp3) is 0.545. The number of aldehydes is 1. The summed E-state index contributed by atoms with van der Waals surface area (Å²) in [6, 6.07) is 2.61. The van der Waals surface area contributed by atoms with Gasteiger partial charge in [0.1, 0.15) is 5.82 Å². The van der Waals surface area contributed by atoms with Crippen molar-refractivity contribution < 1.29 is 4.79 Å². The van der Waals surface area contributed by atoms with Gasteiger partial charge in [0.05, 0.1) is 11.4 Å². The van der Waals surface area contributed by atoms with E-state index in [2.05, 4.69) is 21.8 Å². The van der Waals surface area contributed by atoms with Crippen molar-refractivity contribution in [3.05, 3.63) is 11.8 Å². The summed E-state index contributed by atoms with van der Waals surface area (Å²) >= 11 is 0. The van der Waals surface area contributed by atoms with Gasteiger partial charge in [-0.05, 0) is 18.9 Å². The van der Waals surface area contributed by atoms with E-state index in [9.17, 15) is 4.79 Å². The number of nitrogens with zero attached hydrogens (tertiary/aromatic N) is 2. The molecule has 3 rings (SSSR count). The molecule has 4 heteroatoms. The van der Waals surface area contributed by atoms with Gasteiger partial charge in [-0.15, -0.1) is 0 Å². The molecule has 1 aromatic rings. The van der Waals surface area contributed by atoms with Crippen LogP contribution in [0.2, 0.25) is 0 Å². The molecule has 1 fully saturated rings. The average Bonchev–Trinajstić information content (AvgIpc) is 2.81. The number of hydrogen-bond acceptors (Lipinski definition) is 3. The molecule has 0 bridgehead atoms. The monoisotopic (exact) mass is 205 g/mol. The lowest BCUT2D eigenvalue weighted by atomic mass is 10.1. The molecular formula is C11H15N3O. The van der Waals surface area contributed by atoms with Gasteiger partial charge >= 0.3 is 0 Å². The third-order valence-corrected chi connectivity index (χ3v) is 3.48. The third kappa shape index (κ3) is 1.17. The Morgan fingerprint density at radius 2 is 2.47 bits per heavy atom. The van der Waals surface area contributed by atoms with Gasteiger partial charge in [-0.2, -0.15) is 0 Å². The van der Waals surface area contributed by atoms with Crippen molar-refractivity contribution in [1.29, 1.82) is 0 Å². The van der Waals surface area contributed by atoms with Crippen LogP contribution in [0.4, 0.5) is 11.5 Å². The lowest BCUT2D eigenvalue weighted by Gasteiger charge is -2.37. The maximum Gasteiger partial charge on any atom is 0.166 e. The topological polar surface area (TPSA) is 39.3 Å². The fourth-order valence-electron chi connectivity index (χ4n) is 2.78. The molecule has 0 spiro atoms. The van der Waals surface area contributed by atoms with Gasteiger partial charge in [0.15, 0.2) is 6.29 Å². The standard InChI is InChI=1S/C11H15N3O/c1-13-6-9-3-2-4-14(9)10-5-8(7-15)12-11(10)13/h5,7,9,12H,2-4,6H2,1H3/t9-/m0/s1. The van der Waals surface area contributed by atoms with Crippen LogP contribution < -0.4 is 9.80 Å². The van der Waals surface area contributed by atoms with E-state index in [1.807, 2.05) is 6.07 Å². The van der Waals surface area contributed by atoms with Crippen molar-refractivity contribution in [2.24, 2.45) is 0 Å². The van der Waals surface area contributed by atoms with Gasteiger partial charge in [-0.1, -0.05) is 0 Å². The molecule has 2 aliphatic rings. The summed E-state index contributed by atoms with van der Waals surface area (Å²) in [6.45, 7) is 2.19. The van der Waals surface area contributed by atoms with Crippen LogP contribution in [-0.2, 0) is 0 Å². The van der Waals surface area contributed by atoms with Gasteiger partial charge in [0.2, 0.25) is 0 Å². The molecule has 15 heavy (non-hydrogen) atoms. The van der Waals surface area contributed by atoms with Crippen molar-refractivity contribution in [3.63, 3.8) is 0 Å². The SMILES string of the molecule is CN1C[C@@H]2CCCN2c2cc(C=O)[nH]c21. The summed E-state index contributed by atoms with van der Waals surface area (Å²) in [5.41, 5.74) is 1.88. The molecule has 2 aliphatic heterocycles. The van der Waals surface area contributed by atoms with Crippen LogP contribution in [-0.4, -0.2) is 37.4 Å². The molecule has 0 saturated carbocycles. The van der Waals surface area contributed by atoms with Crippen LogP contribution in [0.5, 0.6) is 0 Å². The number of anilines is 2. The third-order valence-electron chi connectivity index (χ3n) is 3.48. The number of hydrogen-bond donors (Lipinski definition) is 1. The van der Waals surface area contributed by atoms with Crippen molar-refractivity contribution in [2.75, 3.05) is 29.9 Å². The predicted octanol–water partition coefficient (Wildman–Crippen LogP) is 1.25. The molecule has 0 aliphatic carbocycles. The summed E-state index contributed by atoms with van der Waals surface area (Å²) < 4.78 is 0. The van der Waals surface area contributed by atoms with Gasteiger partial charge in [0, 0.05) is 26.2 Å². The lowest BCUT2D eigenvalue weighted by molar-refractivity contribution is 0.111. The maximum atomic E-state index is 10.8. The quantitative estimate of drug-likeness (QED) is 0.701. The maximum absolute atomic E-state index is 10.8. The molecule has 0 radical (unpaired) electrons. The highest BCUT2D eigenvalue weighted by Crippen LogP contribution is 2.38. The zero-order valence-electron chi connectivity index (χ0n) is 8.86. The number of aromatic nitrogens is 1. The second-order valence-corrected chi connectivity index (χ2v) is 4.45. The van der Waals surface area contributed by atoms with Gasteiger partial charge in [-0.3, -0.25) is 4.79 Å². The van der Waals surface area contributed by atoms with E-state index in [0.29, 0.717) is 11.7 Å². The van der Waals surface area contributed by atoms with Gasteiger partial charge in [0.25, 0.3) is 0 Å². The van der Waals surface area contributed by atoms with Crippen molar-refractivity contribution in [3.8, 4) is 0 Å². The Bertz CT molecular complexity index is 399. The van der Waals surface area contributed by atoms with Crippen LogP contribution >= 0.6 is 0 Å². The first kappa shape index (κ1) is 8.83. The van der Waals surface area contributed by atoms with Crippen LogP contribution in [0.25, 0.3) is 0 Å². The molecule has 1 N–H and O–H groups in total. The summed E-state index contributed by atoms with van der Waals surface area (Å²) in [7, 11) is 2.08. The number of fused-ring (bicyclic) bond motifs is 3. The second kappa shape index (κ2) is 3.02. The van der Waals surface area contributed by atoms with Gasteiger partial charge < -0.3 is 14.8 Å². The number of likely N-dealkylation sites (N-methyl/N-ethyl adjacent to an activating group) is 1. The molecule has 80 valence electrons. The molecule has 4 nitrogen and oxygen atoms in total. The molecular weight excluding hydrogens is 190 g/mol. The number of aromatic amines is 1. The minimum atomic E-state index is 0.637. The lowest BCUT2D eigenvalue weighted by Crippen LogP contribution is -2.43. The van der Waals surface area contributed by atoms with Crippen molar-refractivity contribution >= 4 is 17.8 Å². The predicted molar refractivity (Wildman–Crippen MR) is 59.8 cm³/mol. The summed E-state index contributed by atoms with van der Waals surface area (Å²) in [5.74, 6) is 1.09. The minimum absolute atomic E-state index is 0.637. The fourth-order valence-corrected chi connectivity index (χ4v) is 2.78. The highest BCUT2D eigenvalue weighted by atomic mass is 16.1. The number of H-pyrrole nitrogens is 1. The highest BCUT2D eigenvalue weighted by Gasteiger charge is 2.33. The van der Waals surface area contributed by atoms with E-state index >= 15 is 0 Å². The number of nitrogens with one attached hydrogen (secondary N) is 1. The molecule has 3 heterocycles. The first-order valence-electron chi connectivity index (χ1n) is 5.45. The molecule has 0 unspecified atom stereocenters. The van der Waals surface area contributed by atoms with E-state index in [0.717, 1.165) is 25.2 Å². The number of carbonyl (C=O) groups excluding carboxylic acids is 1. The second-order valence-electron chi connectivity index (χ2n) is 4.45. The van der Waals surface area contributed by atoms with E-state index in [-0.39, 0.29) is 0 Å². The molecule has 1 atom stereocenters. The first-order chi connectivity index (χ1) is 7.29. The highest BCUT2D eigenvalue weighted by molar-refractivity contribution is 5.82. The van der Waals surface area contributed by atoms with E-state index < -0.39 is 0 Å². The minimum Gasteiger partial charge on any atom is -0.364 e. The number of carbonyl (C=O) groups is 1. The zero-order valence-corrected chi connectivity index (χ0v) is 8.86. The van der Waals surface area contributed by atoms with Crippen LogP contribution in [0.3, 0.4) is 0 Å². The molecule has 1 saturated heterocycles. The van der Waals surface area contributed by atoms with Gasteiger partial charge in [-0.25, -0.2) is 0 Å².